The van der Waals surface area contributed by atoms with Crippen molar-refractivity contribution in [1.29, 1.82) is 0 Å². The third kappa shape index (κ3) is 4.74. The molecule has 0 spiro atoms. The van der Waals surface area contributed by atoms with Crippen LogP contribution in [0, 0.1) is 12.7 Å². The Labute approximate surface area is 181 Å². The molecule has 6 heteroatoms. The van der Waals surface area contributed by atoms with Crippen LogP contribution in [-0.4, -0.2) is 29.9 Å². The maximum atomic E-state index is 13.9. The van der Waals surface area contributed by atoms with Crippen molar-refractivity contribution >= 4 is 23.3 Å². The minimum atomic E-state index is -0.575. The molecule has 0 bridgehead atoms. The Bertz CT molecular complexity index is 1120. The van der Waals surface area contributed by atoms with E-state index in [0.717, 1.165) is 17.5 Å². The minimum absolute atomic E-state index is 0.0220. The van der Waals surface area contributed by atoms with Crippen LogP contribution in [0.25, 0.3) is 0 Å². The molecule has 0 saturated carbocycles. The van der Waals surface area contributed by atoms with Crippen LogP contribution in [0.3, 0.4) is 0 Å². The van der Waals surface area contributed by atoms with Gasteiger partial charge in [-0.05, 0) is 49.2 Å². The lowest BCUT2D eigenvalue weighted by atomic mass is 10.1. The molecule has 0 unspecified atom stereocenters. The lowest BCUT2D eigenvalue weighted by Crippen LogP contribution is -2.49. The number of hydrogen-bond donors (Lipinski definition) is 1. The van der Waals surface area contributed by atoms with E-state index in [1.807, 2.05) is 36.1 Å². The number of rotatable bonds is 5. The molecule has 1 heterocycles. The fraction of sp³-hybridized carbons (Fsp3) is 0.200. The second-order valence-electron chi connectivity index (χ2n) is 7.68. The zero-order valence-electron chi connectivity index (χ0n) is 17.3. The minimum Gasteiger partial charge on any atom is -0.322 e. The van der Waals surface area contributed by atoms with Gasteiger partial charge in [0.2, 0.25) is 0 Å². The van der Waals surface area contributed by atoms with Crippen molar-refractivity contribution in [3.8, 4) is 0 Å². The first kappa shape index (κ1) is 20.6. The number of carbonyl (C=O) groups is 2. The summed E-state index contributed by atoms with van der Waals surface area (Å²) in [7, 11) is 0. The molecule has 0 aliphatic carbocycles. The second-order valence-corrected chi connectivity index (χ2v) is 7.68. The van der Waals surface area contributed by atoms with Gasteiger partial charge in [-0.25, -0.2) is 9.18 Å². The van der Waals surface area contributed by atoms with Crippen molar-refractivity contribution in [3.05, 3.63) is 95.3 Å². The lowest BCUT2D eigenvalue weighted by Gasteiger charge is -2.36. The molecule has 4 rings (SSSR count). The number of aryl methyl sites for hydroxylation is 1. The molecule has 0 radical (unpaired) electrons. The number of carbonyl (C=O) groups excluding carboxylic acids is 2. The Morgan fingerprint density at radius 3 is 2.61 bits per heavy atom. The third-order valence-electron chi connectivity index (χ3n) is 5.30. The zero-order chi connectivity index (χ0) is 21.8. The van der Waals surface area contributed by atoms with E-state index in [9.17, 15) is 14.0 Å². The Kier molecular flexibility index (Phi) is 5.98. The molecule has 0 atom stereocenters. The summed E-state index contributed by atoms with van der Waals surface area (Å²) in [6, 6.07) is 21.0. The van der Waals surface area contributed by atoms with E-state index in [0.29, 0.717) is 31.0 Å². The summed E-state index contributed by atoms with van der Waals surface area (Å²) in [5, 5.41) is 2.72. The predicted molar refractivity (Wildman–Crippen MR) is 120 cm³/mol. The van der Waals surface area contributed by atoms with Crippen molar-refractivity contribution in [2.75, 3.05) is 23.3 Å². The molecular formula is C25H24FN3O2. The number of hydrogen-bond acceptors (Lipinski definition) is 2. The van der Waals surface area contributed by atoms with Gasteiger partial charge in [-0.15, -0.1) is 0 Å². The van der Waals surface area contributed by atoms with E-state index in [4.69, 9.17) is 0 Å². The van der Waals surface area contributed by atoms with Gasteiger partial charge in [0.1, 0.15) is 5.82 Å². The van der Waals surface area contributed by atoms with Crippen LogP contribution in [0.1, 0.15) is 27.9 Å². The average molecular weight is 417 g/mol. The SMILES string of the molecule is Cc1cccc(CN2CCCN(c3cccc(NC(=O)c4ccccc4F)c3)C2=O)c1. The topological polar surface area (TPSA) is 52.6 Å². The van der Waals surface area contributed by atoms with Crippen LogP contribution in [0.2, 0.25) is 0 Å². The standard InChI is InChI=1S/C25H24FN3O2/c1-18-7-4-8-19(15-18)17-28-13-6-14-29(25(28)31)21-10-5-9-20(16-21)27-24(30)22-11-2-3-12-23(22)26/h2-5,7-12,15-16H,6,13-14,17H2,1H3,(H,27,30). The summed E-state index contributed by atoms with van der Waals surface area (Å²) in [6.45, 7) is 3.90. The maximum Gasteiger partial charge on any atom is 0.324 e. The number of urea groups is 1. The first-order valence-corrected chi connectivity index (χ1v) is 10.3. The van der Waals surface area contributed by atoms with E-state index in [2.05, 4.69) is 11.4 Å². The van der Waals surface area contributed by atoms with Crippen LogP contribution in [-0.2, 0) is 6.54 Å². The highest BCUT2D eigenvalue weighted by molar-refractivity contribution is 6.05. The number of halogens is 1. The molecule has 158 valence electrons. The van der Waals surface area contributed by atoms with Crippen molar-refractivity contribution in [1.82, 2.24) is 4.90 Å². The Morgan fingerprint density at radius 1 is 1.00 bits per heavy atom. The van der Waals surface area contributed by atoms with Crippen molar-refractivity contribution in [3.63, 3.8) is 0 Å². The van der Waals surface area contributed by atoms with Crippen LogP contribution >= 0.6 is 0 Å². The fourth-order valence-electron chi connectivity index (χ4n) is 3.79. The van der Waals surface area contributed by atoms with Crippen LogP contribution in [0.15, 0.2) is 72.8 Å². The first-order valence-electron chi connectivity index (χ1n) is 10.3. The van der Waals surface area contributed by atoms with Gasteiger partial charge in [-0.3, -0.25) is 9.69 Å². The quantitative estimate of drug-likeness (QED) is 0.619. The molecule has 1 aliphatic rings. The zero-order valence-corrected chi connectivity index (χ0v) is 17.3. The largest absolute Gasteiger partial charge is 0.324 e. The van der Waals surface area contributed by atoms with Gasteiger partial charge in [-0.1, -0.05) is 48.0 Å². The number of benzene rings is 3. The molecule has 3 amide bonds. The van der Waals surface area contributed by atoms with Gasteiger partial charge in [0.25, 0.3) is 5.91 Å². The Hall–Kier alpha value is -3.67. The number of nitrogens with one attached hydrogen (secondary N) is 1. The van der Waals surface area contributed by atoms with Crippen LogP contribution in [0.4, 0.5) is 20.6 Å². The Morgan fingerprint density at radius 2 is 1.81 bits per heavy atom. The summed E-state index contributed by atoms with van der Waals surface area (Å²) in [4.78, 5) is 29.1. The normalized spacial score (nSPS) is 13.9. The average Bonchev–Trinajstić information content (AvgIpc) is 2.76. The Balaban J connectivity index is 1.49. The molecular weight excluding hydrogens is 393 g/mol. The fourth-order valence-corrected chi connectivity index (χ4v) is 3.79. The molecule has 3 aromatic rings. The summed E-state index contributed by atoms with van der Waals surface area (Å²) >= 11 is 0. The van der Waals surface area contributed by atoms with Crippen molar-refractivity contribution in [2.24, 2.45) is 0 Å². The van der Waals surface area contributed by atoms with Crippen molar-refractivity contribution in [2.45, 2.75) is 19.9 Å². The molecule has 1 saturated heterocycles. The summed E-state index contributed by atoms with van der Waals surface area (Å²) in [5.74, 6) is -1.10. The van der Waals surface area contributed by atoms with Gasteiger partial charge < -0.3 is 10.2 Å². The highest BCUT2D eigenvalue weighted by Crippen LogP contribution is 2.25. The monoisotopic (exact) mass is 417 g/mol. The van der Waals surface area contributed by atoms with E-state index < -0.39 is 11.7 Å². The molecule has 3 aromatic carbocycles. The van der Waals surface area contributed by atoms with Crippen molar-refractivity contribution < 1.29 is 14.0 Å². The molecule has 0 aromatic heterocycles. The van der Waals surface area contributed by atoms with E-state index in [-0.39, 0.29) is 11.6 Å². The second kappa shape index (κ2) is 9.00. The van der Waals surface area contributed by atoms with E-state index >= 15 is 0 Å². The van der Waals surface area contributed by atoms with Gasteiger partial charge in [0.05, 0.1) is 5.56 Å². The molecule has 31 heavy (non-hydrogen) atoms. The number of anilines is 2. The highest BCUT2D eigenvalue weighted by atomic mass is 19.1. The smallest absolute Gasteiger partial charge is 0.322 e. The number of nitrogens with zero attached hydrogens (tertiary/aromatic N) is 2. The van der Waals surface area contributed by atoms with Gasteiger partial charge in [0.15, 0.2) is 0 Å². The molecule has 1 aliphatic heterocycles. The molecule has 1 fully saturated rings. The summed E-state index contributed by atoms with van der Waals surface area (Å²) < 4.78 is 13.9. The van der Waals surface area contributed by atoms with Gasteiger partial charge in [-0.2, -0.15) is 0 Å². The number of amides is 3. The van der Waals surface area contributed by atoms with E-state index in [1.165, 1.54) is 18.2 Å². The third-order valence-corrected chi connectivity index (χ3v) is 5.30. The lowest BCUT2D eigenvalue weighted by molar-refractivity contribution is 0.102. The first-order chi connectivity index (χ1) is 15.0. The van der Waals surface area contributed by atoms with E-state index in [1.54, 1.807) is 29.2 Å². The maximum absolute atomic E-state index is 13.9. The van der Waals surface area contributed by atoms with Crippen LogP contribution in [0.5, 0.6) is 0 Å². The highest BCUT2D eigenvalue weighted by Gasteiger charge is 2.27. The molecule has 5 nitrogen and oxygen atoms in total. The summed E-state index contributed by atoms with van der Waals surface area (Å²) in [5.41, 5.74) is 3.45. The predicted octanol–water partition coefficient (Wildman–Crippen LogP) is 5.22. The van der Waals surface area contributed by atoms with Gasteiger partial charge >= 0.3 is 6.03 Å². The molecule has 1 N–H and O–H groups in total. The van der Waals surface area contributed by atoms with Crippen LogP contribution < -0.4 is 10.2 Å². The van der Waals surface area contributed by atoms with Gasteiger partial charge in [0, 0.05) is 31.0 Å². The summed E-state index contributed by atoms with van der Waals surface area (Å²) in [6.07, 6.45) is 0.851.